The molecule has 1 saturated heterocycles. The molecule has 33 heavy (non-hydrogen) atoms. The van der Waals surface area contributed by atoms with Crippen LogP contribution < -0.4 is 4.18 Å². The number of rotatable bonds is 6. The summed E-state index contributed by atoms with van der Waals surface area (Å²) in [5.41, 5.74) is 2.24. The molecule has 3 aromatic carbocycles. The molecule has 4 rings (SSSR count). The fraction of sp³-hybridized carbons (Fsp3) is 0.0833. The summed E-state index contributed by atoms with van der Waals surface area (Å²) < 4.78 is 30.3. The summed E-state index contributed by atoms with van der Waals surface area (Å²) in [5.74, 6) is -0.316. The van der Waals surface area contributed by atoms with Crippen LogP contribution in [0.2, 0.25) is 5.02 Å². The van der Waals surface area contributed by atoms with Crippen LogP contribution in [0.15, 0.2) is 82.6 Å². The highest BCUT2D eigenvalue weighted by atomic mass is 35.5. The third-order valence-corrected chi connectivity index (χ3v) is 7.22. The lowest BCUT2D eigenvalue weighted by atomic mass is 10.2. The fourth-order valence-electron chi connectivity index (χ4n) is 3.10. The van der Waals surface area contributed by atoms with Gasteiger partial charge in [-0.05, 0) is 72.3 Å². The molecule has 0 aliphatic carbocycles. The first-order valence-corrected chi connectivity index (χ1v) is 12.4. The minimum absolute atomic E-state index is 0.0434. The molecule has 0 unspecified atom stereocenters. The van der Waals surface area contributed by atoms with Crippen molar-refractivity contribution in [3.8, 4) is 5.75 Å². The van der Waals surface area contributed by atoms with Crippen molar-refractivity contribution in [2.45, 2.75) is 18.4 Å². The molecule has 0 bridgehead atoms. The minimum atomic E-state index is -4.00. The monoisotopic (exact) mass is 499 g/mol. The van der Waals surface area contributed by atoms with Crippen molar-refractivity contribution in [3.63, 3.8) is 0 Å². The van der Waals surface area contributed by atoms with Crippen LogP contribution in [0.1, 0.15) is 16.7 Å². The van der Waals surface area contributed by atoms with Gasteiger partial charge in [-0.1, -0.05) is 53.6 Å². The van der Waals surface area contributed by atoms with Gasteiger partial charge in [0.1, 0.15) is 10.6 Å². The fourth-order valence-corrected chi connectivity index (χ4v) is 4.98. The average Bonchev–Trinajstić information content (AvgIpc) is 3.03. The molecule has 0 spiro atoms. The van der Waals surface area contributed by atoms with Crippen molar-refractivity contribution in [3.05, 3.63) is 99.4 Å². The molecule has 2 amide bonds. The zero-order chi connectivity index (χ0) is 23.6. The molecule has 3 aromatic rings. The summed E-state index contributed by atoms with van der Waals surface area (Å²) in [5, 5.41) is 0.190. The number of hydrogen-bond acceptors (Lipinski definition) is 6. The lowest BCUT2D eigenvalue weighted by Crippen LogP contribution is -2.27. The summed E-state index contributed by atoms with van der Waals surface area (Å²) in [6.07, 6.45) is 1.54. The van der Waals surface area contributed by atoms with E-state index in [9.17, 15) is 18.0 Å². The van der Waals surface area contributed by atoms with E-state index in [0.29, 0.717) is 10.6 Å². The summed E-state index contributed by atoms with van der Waals surface area (Å²) in [6, 6.07) is 19.5. The predicted molar refractivity (Wildman–Crippen MR) is 128 cm³/mol. The van der Waals surface area contributed by atoms with Gasteiger partial charge in [0.25, 0.3) is 11.1 Å². The molecule has 9 heteroatoms. The Bertz CT molecular complexity index is 1350. The maximum atomic E-state index is 12.8. The van der Waals surface area contributed by atoms with E-state index in [1.807, 2.05) is 6.92 Å². The maximum absolute atomic E-state index is 12.8. The number of nitrogens with zero attached hydrogens (tertiary/aromatic N) is 1. The van der Waals surface area contributed by atoms with Crippen molar-refractivity contribution >= 4 is 50.7 Å². The second-order valence-corrected chi connectivity index (χ2v) is 10.3. The SMILES string of the molecule is Cc1ccc(S(=O)(=O)Oc2cccc(/C=C3\SC(=O)N(Cc4ccc(Cl)cc4)C3=O)c2)cc1. The van der Waals surface area contributed by atoms with Gasteiger partial charge in [-0.3, -0.25) is 14.5 Å². The highest BCUT2D eigenvalue weighted by Gasteiger charge is 2.35. The van der Waals surface area contributed by atoms with E-state index < -0.39 is 16.0 Å². The molecule has 1 aliphatic heterocycles. The highest BCUT2D eigenvalue weighted by molar-refractivity contribution is 8.18. The Morgan fingerprint density at radius 1 is 1.00 bits per heavy atom. The first-order chi connectivity index (χ1) is 15.7. The van der Waals surface area contributed by atoms with Gasteiger partial charge in [0, 0.05) is 5.02 Å². The standard InChI is InChI=1S/C24H18ClNO5S2/c1-16-5-11-21(12-6-16)33(29,30)31-20-4-2-3-18(13-20)14-22-23(27)26(24(28)32-22)15-17-7-9-19(25)10-8-17/h2-14H,15H2,1H3/b22-14-. The molecule has 1 fully saturated rings. The van der Waals surface area contributed by atoms with Crippen LogP contribution in [-0.2, 0) is 21.5 Å². The number of amides is 2. The third-order valence-electron chi connectivity index (χ3n) is 4.80. The summed E-state index contributed by atoms with van der Waals surface area (Å²) in [7, 11) is -4.00. The second-order valence-electron chi connectivity index (χ2n) is 7.32. The molecule has 0 atom stereocenters. The lowest BCUT2D eigenvalue weighted by Gasteiger charge is -2.12. The van der Waals surface area contributed by atoms with Crippen molar-refractivity contribution in [2.75, 3.05) is 0 Å². The Kier molecular flexibility index (Phi) is 6.60. The summed E-state index contributed by atoms with van der Waals surface area (Å²) >= 11 is 6.71. The average molecular weight is 500 g/mol. The Labute approximate surface area is 200 Å². The number of thioether (sulfide) groups is 1. The van der Waals surface area contributed by atoms with Crippen LogP contribution >= 0.6 is 23.4 Å². The van der Waals surface area contributed by atoms with E-state index in [4.69, 9.17) is 15.8 Å². The first kappa shape index (κ1) is 23.1. The highest BCUT2D eigenvalue weighted by Crippen LogP contribution is 2.34. The number of carbonyl (C=O) groups is 2. The zero-order valence-corrected chi connectivity index (χ0v) is 19.8. The normalized spacial score (nSPS) is 15.3. The second kappa shape index (κ2) is 9.43. The molecule has 168 valence electrons. The van der Waals surface area contributed by atoms with Gasteiger partial charge < -0.3 is 4.18 Å². The van der Waals surface area contributed by atoms with E-state index in [1.54, 1.807) is 48.5 Å². The molecule has 0 aromatic heterocycles. The number of carbonyl (C=O) groups excluding carboxylic acids is 2. The maximum Gasteiger partial charge on any atom is 0.339 e. The van der Waals surface area contributed by atoms with Crippen LogP contribution in [0.25, 0.3) is 6.08 Å². The first-order valence-electron chi connectivity index (χ1n) is 9.82. The topological polar surface area (TPSA) is 80.8 Å². The molecular weight excluding hydrogens is 482 g/mol. The van der Waals surface area contributed by atoms with Gasteiger partial charge in [-0.2, -0.15) is 8.42 Å². The minimum Gasteiger partial charge on any atom is -0.379 e. The Balaban J connectivity index is 1.52. The van der Waals surface area contributed by atoms with Crippen LogP contribution in [0.5, 0.6) is 5.75 Å². The number of imide groups is 1. The largest absolute Gasteiger partial charge is 0.379 e. The van der Waals surface area contributed by atoms with Gasteiger partial charge in [0.15, 0.2) is 0 Å². The van der Waals surface area contributed by atoms with Crippen molar-refractivity contribution in [1.82, 2.24) is 4.90 Å². The van der Waals surface area contributed by atoms with Crippen LogP contribution in [0, 0.1) is 6.92 Å². The van der Waals surface area contributed by atoms with E-state index in [0.717, 1.165) is 27.8 Å². The summed E-state index contributed by atoms with van der Waals surface area (Å²) in [6.45, 7) is 2.00. The number of halogens is 1. The van der Waals surface area contributed by atoms with Crippen molar-refractivity contribution in [1.29, 1.82) is 0 Å². The zero-order valence-electron chi connectivity index (χ0n) is 17.4. The number of aryl methyl sites for hydroxylation is 1. The van der Waals surface area contributed by atoms with E-state index in [2.05, 4.69) is 0 Å². The van der Waals surface area contributed by atoms with E-state index in [-0.39, 0.29) is 27.3 Å². The Morgan fingerprint density at radius 3 is 2.39 bits per heavy atom. The molecule has 6 nitrogen and oxygen atoms in total. The molecule has 0 saturated carbocycles. The molecule has 0 radical (unpaired) electrons. The van der Waals surface area contributed by atoms with Crippen LogP contribution in [0.4, 0.5) is 4.79 Å². The number of benzene rings is 3. The number of hydrogen-bond donors (Lipinski definition) is 0. The summed E-state index contributed by atoms with van der Waals surface area (Å²) in [4.78, 5) is 26.6. The van der Waals surface area contributed by atoms with Gasteiger partial charge in [0.05, 0.1) is 11.4 Å². The van der Waals surface area contributed by atoms with Crippen LogP contribution in [0.3, 0.4) is 0 Å². The van der Waals surface area contributed by atoms with E-state index in [1.165, 1.54) is 30.3 Å². The van der Waals surface area contributed by atoms with Gasteiger partial charge in [-0.15, -0.1) is 0 Å². The van der Waals surface area contributed by atoms with Crippen LogP contribution in [-0.4, -0.2) is 24.5 Å². The van der Waals surface area contributed by atoms with Crippen molar-refractivity contribution in [2.24, 2.45) is 0 Å². The van der Waals surface area contributed by atoms with Gasteiger partial charge >= 0.3 is 10.1 Å². The molecule has 1 aliphatic rings. The lowest BCUT2D eigenvalue weighted by molar-refractivity contribution is -0.123. The Morgan fingerprint density at radius 2 is 1.70 bits per heavy atom. The molecule has 1 heterocycles. The smallest absolute Gasteiger partial charge is 0.339 e. The predicted octanol–water partition coefficient (Wildman–Crippen LogP) is 5.65. The van der Waals surface area contributed by atoms with E-state index >= 15 is 0 Å². The Hall–Kier alpha value is -3.07. The quantitative estimate of drug-likeness (QED) is 0.322. The third kappa shape index (κ3) is 5.47. The molecular formula is C24H18ClNO5S2. The van der Waals surface area contributed by atoms with Crippen molar-refractivity contribution < 1.29 is 22.2 Å². The van der Waals surface area contributed by atoms with Gasteiger partial charge in [-0.25, -0.2) is 0 Å². The van der Waals surface area contributed by atoms with Gasteiger partial charge in [0.2, 0.25) is 0 Å². The molecule has 0 N–H and O–H groups in total.